The van der Waals surface area contributed by atoms with Gasteiger partial charge in [-0.2, -0.15) is 0 Å². The average molecular weight is 256 g/mol. The Hall–Kier alpha value is -0.120. The highest BCUT2D eigenvalue weighted by atomic mass is 16.5. The van der Waals surface area contributed by atoms with E-state index >= 15 is 0 Å². The van der Waals surface area contributed by atoms with E-state index in [-0.39, 0.29) is 0 Å². The Kier molecular flexibility index (Phi) is 7.20. The SMILES string of the molecule is CCC1CN(C(C)CCOC)C(C(C)CC)CN1. The second kappa shape index (κ2) is 8.13. The number of methoxy groups -OCH3 is 1. The van der Waals surface area contributed by atoms with Gasteiger partial charge in [-0.15, -0.1) is 0 Å². The minimum absolute atomic E-state index is 0.625. The molecule has 1 aliphatic rings. The zero-order valence-electron chi connectivity index (χ0n) is 12.9. The van der Waals surface area contributed by atoms with Crippen LogP contribution >= 0.6 is 0 Å². The minimum atomic E-state index is 0.625. The molecule has 0 bridgehead atoms. The van der Waals surface area contributed by atoms with Crippen molar-refractivity contribution in [2.75, 3.05) is 26.8 Å². The Labute approximate surface area is 113 Å². The Balaban J connectivity index is 2.63. The lowest BCUT2D eigenvalue weighted by Gasteiger charge is -2.46. The van der Waals surface area contributed by atoms with E-state index in [1.54, 1.807) is 7.11 Å². The third kappa shape index (κ3) is 4.22. The quantitative estimate of drug-likeness (QED) is 0.757. The maximum atomic E-state index is 5.24. The largest absolute Gasteiger partial charge is 0.385 e. The van der Waals surface area contributed by atoms with Gasteiger partial charge in [-0.25, -0.2) is 0 Å². The van der Waals surface area contributed by atoms with E-state index in [1.165, 1.54) is 19.4 Å². The summed E-state index contributed by atoms with van der Waals surface area (Å²) in [4.78, 5) is 2.72. The average Bonchev–Trinajstić information content (AvgIpc) is 2.43. The van der Waals surface area contributed by atoms with Crippen molar-refractivity contribution in [3.8, 4) is 0 Å². The van der Waals surface area contributed by atoms with E-state index in [4.69, 9.17) is 4.74 Å². The fourth-order valence-electron chi connectivity index (χ4n) is 2.89. The van der Waals surface area contributed by atoms with Gasteiger partial charge in [0.05, 0.1) is 0 Å². The Morgan fingerprint density at radius 3 is 2.61 bits per heavy atom. The summed E-state index contributed by atoms with van der Waals surface area (Å²) in [7, 11) is 1.80. The standard InChI is InChI=1S/C15H32N2O/c1-6-12(3)15-10-16-14(7-2)11-17(15)13(4)8-9-18-5/h12-16H,6-11H2,1-5H3. The first-order valence-corrected chi connectivity index (χ1v) is 7.62. The summed E-state index contributed by atoms with van der Waals surface area (Å²) < 4.78 is 5.24. The van der Waals surface area contributed by atoms with Crippen molar-refractivity contribution < 1.29 is 4.74 Å². The predicted molar refractivity (Wildman–Crippen MR) is 78.0 cm³/mol. The summed E-state index contributed by atoms with van der Waals surface area (Å²) in [6, 6.07) is 1.97. The highest BCUT2D eigenvalue weighted by Crippen LogP contribution is 2.22. The molecule has 1 rings (SSSR count). The maximum absolute atomic E-state index is 5.24. The monoisotopic (exact) mass is 256 g/mol. The second-order valence-electron chi connectivity index (χ2n) is 5.79. The number of hydrogen-bond donors (Lipinski definition) is 1. The zero-order chi connectivity index (χ0) is 13.5. The number of hydrogen-bond acceptors (Lipinski definition) is 3. The number of nitrogens with zero attached hydrogens (tertiary/aromatic N) is 1. The van der Waals surface area contributed by atoms with Crippen molar-refractivity contribution in [3.63, 3.8) is 0 Å². The molecule has 1 saturated heterocycles. The molecule has 0 aromatic rings. The normalized spacial score (nSPS) is 29.2. The van der Waals surface area contributed by atoms with Crippen LogP contribution < -0.4 is 5.32 Å². The number of piperazine rings is 1. The number of nitrogens with one attached hydrogen (secondary N) is 1. The first-order valence-electron chi connectivity index (χ1n) is 7.62. The molecule has 0 spiro atoms. The smallest absolute Gasteiger partial charge is 0.0477 e. The van der Waals surface area contributed by atoms with Gasteiger partial charge in [0.15, 0.2) is 0 Å². The molecular weight excluding hydrogens is 224 g/mol. The summed E-state index contributed by atoms with van der Waals surface area (Å²) in [6.45, 7) is 12.5. The summed E-state index contributed by atoms with van der Waals surface area (Å²) in [5.41, 5.74) is 0. The molecule has 4 unspecified atom stereocenters. The van der Waals surface area contributed by atoms with Crippen LogP contribution in [0.2, 0.25) is 0 Å². The lowest BCUT2D eigenvalue weighted by atomic mass is 9.92. The van der Waals surface area contributed by atoms with Crippen molar-refractivity contribution in [1.82, 2.24) is 10.2 Å². The Morgan fingerprint density at radius 2 is 2.06 bits per heavy atom. The van der Waals surface area contributed by atoms with Crippen molar-refractivity contribution in [2.45, 2.75) is 65.1 Å². The topological polar surface area (TPSA) is 24.5 Å². The molecule has 1 fully saturated rings. The van der Waals surface area contributed by atoms with Crippen molar-refractivity contribution >= 4 is 0 Å². The molecule has 18 heavy (non-hydrogen) atoms. The van der Waals surface area contributed by atoms with Gasteiger partial charge in [0.25, 0.3) is 0 Å². The first-order chi connectivity index (χ1) is 8.63. The minimum Gasteiger partial charge on any atom is -0.385 e. The molecule has 0 aromatic heterocycles. The molecular formula is C15H32N2O. The van der Waals surface area contributed by atoms with Crippen LogP contribution in [0, 0.1) is 5.92 Å². The van der Waals surface area contributed by atoms with Crippen LogP contribution in [0.15, 0.2) is 0 Å². The number of rotatable bonds is 7. The van der Waals surface area contributed by atoms with Crippen LogP contribution in [0.4, 0.5) is 0 Å². The lowest BCUT2D eigenvalue weighted by Crippen LogP contribution is -2.60. The van der Waals surface area contributed by atoms with Gasteiger partial charge < -0.3 is 10.1 Å². The molecule has 108 valence electrons. The van der Waals surface area contributed by atoms with Crippen LogP contribution in [0.1, 0.15) is 47.0 Å². The van der Waals surface area contributed by atoms with E-state index in [2.05, 4.69) is 37.9 Å². The van der Waals surface area contributed by atoms with E-state index < -0.39 is 0 Å². The fraction of sp³-hybridized carbons (Fsp3) is 1.00. The lowest BCUT2D eigenvalue weighted by molar-refractivity contribution is 0.0413. The third-order valence-electron chi connectivity index (χ3n) is 4.57. The van der Waals surface area contributed by atoms with Crippen LogP contribution in [0.25, 0.3) is 0 Å². The maximum Gasteiger partial charge on any atom is 0.0477 e. The first kappa shape index (κ1) is 15.9. The summed E-state index contributed by atoms with van der Waals surface area (Å²) in [6.07, 6.45) is 3.62. The van der Waals surface area contributed by atoms with E-state index in [9.17, 15) is 0 Å². The molecule has 0 aromatic carbocycles. The molecule has 4 atom stereocenters. The van der Waals surface area contributed by atoms with E-state index in [0.29, 0.717) is 18.1 Å². The molecule has 0 radical (unpaired) electrons. The van der Waals surface area contributed by atoms with Crippen LogP contribution in [-0.4, -0.2) is 49.8 Å². The molecule has 1 heterocycles. The Bertz CT molecular complexity index is 223. The Morgan fingerprint density at radius 1 is 1.33 bits per heavy atom. The van der Waals surface area contributed by atoms with E-state index in [1.807, 2.05) is 0 Å². The highest BCUT2D eigenvalue weighted by molar-refractivity contribution is 4.90. The highest BCUT2D eigenvalue weighted by Gasteiger charge is 2.32. The van der Waals surface area contributed by atoms with Gasteiger partial charge in [0.1, 0.15) is 0 Å². The molecule has 1 aliphatic heterocycles. The van der Waals surface area contributed by atoms with Gasteiger partial charge in [-0.3, -0.25) is 4.90 Å². The third-order valence-corrected chi connectivity index (χ3v) is 4.57. The van der Waals surface area contributed by atoms with Gasteiger partial charge in [0, 0.05) is 44.9 Å². The van der Waals surface area contributed by atoms with Gasteiger partial charge in [0.2, 0.25) is 0 Å². The number of ether oxygens (including phenoxy) is 1. The summed E-state index contributed by atoms with van der Waals surface area (Å²) in [5.74, 6) is 0.764. The second-order valence-corrected chi connectivity index (χ2v) is 5.79. The van der Waals surface area contributed by atoms with Crippen molar-refractivity contribution in [3.05, 3.63) is 0 Å². The fourth-order valence-corrected chi connectivity index (χ4v) is 2.89. The molecule has 3 heteroatoms. The zero-order valence-corrected chi connectivity index (χ0v) is 12.9. The molecule has 3 nitrogen and oxygen atoms in total. The van der Waals surface area contributed by atoms with Crippen LogP contribution in [0.5, 0.6) is 0 Å². The van der Waals surface area contributed by atoms with Gasteiger partial charge in [-0.05, 0) is 25.7 Å². The predicted octanol–water partition coefficient (Wildman–Crippen LogP) is 2.51. The van der Waals surface area contributed by atoms with Crippen molar-refractivity contribution in [1.29, 1.82) is 0 Å². The molecule has 0 aliphatic carbocycles. The molecule has 0 amide bonds. The van der Waals surface area contributed by atoms with Gasteiger partial charge in [-0.1, -0.05) is 27.2 Å². The van der Waals surface area contributed by atoms with E-state index in [0.717, 1.165) is 25.5 Å². The molecule has 1 N–H and O–H groups in total. The van der Waals surface area contributed by atoms with Gasteiger partial charge >= 0.3 is 0 Å². The molecule has 0 saturated carbocycles. The summed E-state index contributed by atoms with van der Waals surface area (Å²) in [5, 5.41) is 3.70. The van der Waals surface area contributed by atoms with Crippen molar-refractivity contribution in [2.24, 2.45) is 5.92 Å². The summed E-state index contributed by atoms with van der Waals surface area (Å²) >= 11 is 0. The van der Waals surface area contributed by atoms with Crippen LogP contribution in [-0.2, 0) is 4.74 Å². The van der Waals surface area contributed by atoms with Crippen LogP contribution in [0.3, 0.4) is 0 Å².